The number of carbonyl (C=O) groups excluding carboxylic acids is 3. The van der Waals surface area contributed by atoms with Crippen molar-refractivity contribution >= 4 is 23.7 Å². The molecule has 8 heteroatoms. The number of rotatable bonds is 5. The van der Waals surface area contributed by atoms with Crippen molar-refractivity contribution in [3.8, 4) is 0 Å². The lowest BCUT2D eigenvalue weighted by atomic mass is 10.2. The van der Waals surface area contributed by atoms with Gasteiger partial charge in [-0.15, -0.1) is 0 Å². The second-order valence-electron chi connectivity index (χ2n) is 5.44. The number of amides is 2. The van der Waals surface area contributed by atoms with E-state index in [0.29, 0.717) is 44.0 Å². The summed E-state index contributed by atoms with van der Waals surface area (Å²) >= 11 is 0. The molecule has 2 amide bonds. The van der Waals surface area contributed by atoms with Crippen LogP contribution in [-0.4, -0.2) is 74.2 Å². The molecule has 0 atom stereocenters. The van der Waals surface area contributed by atoms with Crippen LogP contribution >= 0.6 is 0 Å². The summed E-state index contributed by atoms with van der Waals surface area (Å²) < 4.78 is 10.1. The van der Waals surface area contributed by atoms with E-state index in [1.807, 2.05) is 0 Å². The summed E-state index contributed by atoms with van der Waals surface area (Å²) in [4.78, 5) is 39.1. The highest BCUT2D eigenvalue weighted by atomic mass is 16.6. The Morgan fingerprint density at radius 1 is 1.04 bits per heavy atom. The van der Waals surface area contributed by atoms with Crippen LogP contribution < -0.4 is 5.32 Å². The number of anilines is 1. The van der Waals surface area contributed by atoms with Crippen molar-refractivity contribution in [3.05, 3.63) is 29.8 Å². The summed E-state index contributed by atoms with van der Waals surface area (Å²) in [5, 5.41) is 2.91. The SMILES string of the molecule is CCOC(=O)N1CCN(C(=O)COC(=O)c2ccccc2NC)CC1. The summed E-state index contributed by atoms with van der Waals surface area (Å²) in [5.41, 5.74) is 1.02. The van der Waals surface area contributed by atoms with E-state index in [1.54, 1.807) is 48.0 Å². The van der Waals surface area contributed by atoms with Crippen molar-refractivity contribution in [1.82, 2.24) is 9.80 Å². The quantitative estimate of drug-likeness (QED) is 0.803. The van der Waals surface area contributed by atoms with Gasteiger partial charge in [-0.3, -0.25) is 4.79 Å². The molecule has 136 valence electrons. The Morgan fingerprint density at radius 2 is 1.68 bits per heavy atom. The van der Waals surface area contributed by atoms with E-state index < -0.39 is 5.97 Å². The third-order valence-electron chi connectivity index (χ3n) is 3.90. The minimum Gasteiger partial charge on any atom is -0.452 e. The first-order chi connectivity index (χ1) is 12.1. The molecule has 0 spiro atoms. The largest absolute Gasteiger partial charge is 0.452 e. The van der Waals surface area contributed by atoms with Gasteiger partial charge in [0.05, 0.1) is 12.2 Å². The number of hydrogen-bond acceptors (Lipinski definition) is 6. The molecule has 0 saturated carbocycles. The smallest absolute Gasteiger partial charge is 0.409 e. The highest BCUT2D eigenvalue weighted by Crippen LogP contribution is 2.15. The molecule has 2 rings (SSSR count). The van der Waals surface area contributed by atoms with Crippen molar-refractivity contribution < 1.29 is 23.9 Å². The van der Waals surface area contributed by atoms with Gasteiger partial charge in [-0.1, -0.05) is 12.1 Å². The predicted molar refractivity (Wildman–Crippen MR) is 91.4 cm³/mol. The van der Waals surface area contributed by atoms with Crippen LogP contribution in [0.15, 0.2) is 24.3 Å². The topological polar surface area (TPSA) is 88.2 Å². The molecule has 0 bridgehead atoms. The van der Waals surface area contributed by atoms with Crippen molar-refractivity contribution in [2.75, 3.05) is 51.8 Å². The Kier molecular flexibility index (Phi) is 6.62. The molecular formula is C17H23N3O5. The zero-order chi connectivity index (χ0) is 18.2. The lowest BCUT2D eigenvalue weighted by Crippen LogP contribution is -2.51. The fourth-order valence-corrected chi connectivity index (χ4v) is 2.53. The molecule has 0 unspecified atom stereocenters. The molecule has 1 heterocycles. The monoisotopic (exact) mass is 349 g/mol. The number of esters is 1. The van der Waals surface area contributed by atoms with Crippen molar-refractivity contribution in [2.24, 2.45) is 0 Å². The maximum absolute atomic E-state index is 12.2. The fourth-order valence-electron chi connectivity index (χ4n) is 2.53. The highest BCUT2D eigenvalue weighted by molar-refractivity contribution is 5.96. The van der Waals surface area contributed by atoms with Crippen LogP contribution in [0.3, 0.4) is 0 Å². The Labute approximate surface area is 146 Å². The van der Waals surface area contributed by atoms with Gasteiger partial charge in [-0.2, -0.15) is 0 Å². The number of nitrogens with one attached hydrogen (secondary N) is 1. The standard InChI is InChI=1S/C17H23N3O5/c1-3-24-17(23)20-10-8-19(9-11-20)15(21)12-25-16(22)13-6-4-5-7-14(13)18-2/h4-7,18H,3,8-12H2,1-2H3. The molecular weight excluding hydrogens is 326 g/mol. The minimum atomic E-state index is -0.552. The molecule has 1 N–H and O–H groups in total. The number of hydrogen-bond donors (Lipinski definition) is 1. The number of piperazine rings is 1. The Hall–Kier alpha value is -2.77. The van der Waals surface area contributed by atoms with E-state index in [-0.39, 0.29) is 18.6 Å². The first-order valence-electron chi connectivity index (χ1n) is 8.20. The third kappa shape index (κ3) is 4.85. The average molecular weight is 349 g/mol. The minimum absolute atomic E-state index is 0.279. The highest BCUT2D eigenvalue weighted by Gasteiger charge is 2.25. The van der Waals surface area contributed by atoms with Gasteiger partial charge < -0.3 is 24.6 Å². The summed E-state index contributed by atoms with van der Waals surface area (Å²) in [5.74, 6) is -0.831. The Bertz CT molecular complexity index is 626. The number of carbonyl (C=O) groups is 3. The predicted octanol–water partition coefficient (Wildman–Crippen LogP) is 1.19. The summed E-state index contributed by atoms with van der Waals surface area (Å²) in [6.45, 7) is 3.34. The Balaban J connectivity index is 1.81. The van der Waals surface area contributed by atoms with Crippen LogP contribution in [0.25, 0.3) is 0 Å². The molecule has 25 heavy (non-hydrogen) atoms. The number of para-hydroxylation sites is 1. The molecule has 1 aliphatic rings. The van der Waals surface area contributed by atoms with E-state index in [2.05, 4.69) is 5.32 Å². The first-order valence-corrected chi connectivity index (χ1v) is 8.20. The zero-order valence-corrected chi connectivity index (χ0v) is 14.5. The number of ether oxygens (including phenoxy) is 2. The van der Waals surface area contributed by atoms with Crippen molar-refractivity contribution in [2.45, 2.75) is 6.92 Å². The number of nitrogens with zero attached hydrogens (tertiary/aromatic N) is 2. The first kappa shape index (κ1) is 18.6. The van der Waals surface area contributed by atoms with Gasteiger partial charge in [0.25, 0.3) is 5.91 Å². The normalized spacial score (nSPS) is 14.0. The van der Waals surface area contributed by atoms with Crippen LogP contribution in [0.2, 0.25) is 0 Å². The molecule has 1 saturated heterocycles. The second-order valence-corrected chi connectivity index (χ2v) is 5.44. The molecule has 8 nitrogen and oxygen atoms in total. The van der Waals surface area contributed by atoms with Crippen LogP contribution in [0.1, 0.15) is 17.3 Å². The van der Waals surface area contributed by atoms with Gasteiger partial charge in [0.1, 0.15) is 0 Å². The van der Waals surface area contributed by atoms with Gasteiger partial charge in [0, 0.05) is 38.9 Å². The molecule has 1 fully saturated rings. The Morgan fingerprint density at radius 3 is 2.32 bits per heavy atom. The third-order valence-corrected chi connectivity index (χ3v) is 3.90. The van der Waals surface area contributed by atoms with E-state index in [1.165, 1.54) is 0 Å². The molecule has 0 aliphatic carbocycles. The maximum Gasteiger partial charge on any atom is 0.409 e. The van der Waals surface area contributed by atoms with Crippen LogP contribution in [0.4, 0.5) is 10.5 Å². The van der Waals surface area contributed by atoms with Gasteiger partial charge in [0.15, 0.2) is 6.61 Å². The van der Waals surface area contributed by atoms with E-state index in [0.717, 1.165) is 0 Å². The summed E-state index contributed by atoms with van der Waals surface area (Å²) in [6, 6.07) is 6.93. The zero-order valence-electron chi connectivity index (χ0n) is 14.5. The number of benzene rings is 1. The summed E-state index contributed by atoms with van der Waals surface area (Å²) in [7, 11) is 1.71. The van der Waals surface area contributed by atoms with Crippen LogP contribution in [-0.2, 0) is 14.3 Å². The fraction of sp³-hybridized carbons (Fsp3) is 0.471. The van der Waals surface area contributed by atoms with Gasteiger partial charge in [0.2, 0.25) is 0 Å². The lowest BCUT2D eigenvalue weighted by molar-refractivity contribution is -0.136. The van der Waals surface area contributed by atoms with E-state index in [4.69, 9.17) is 9.47 Å². The summed E-state index contributed by atoms with van der Waals surface area (Å²) in [6.07, 6.45) is -0.371. The molecule has 0 radical (unpaired) electrons. The molecule has 1 aromatic rings. The molecule has 1 aromatic carbocycles. The molecule has 0 aromatic heterocycles. The lowest BCUT2D eigenvalue weighted by Gasteiger charge is -2.33. The van der Waals surface area contributed by atoms with Crippen molar-refractivity contribution in [1.29, 1.82) is 0 Å². The van der Waals surface area contributed by atoms with Crippen molar-refractivity contribution in [3.63, 3.8) is 0 Å². The van der Waals surface area contributed by atoms with Gasteiger partial charge in [-0.05, 0) is 19.1 Å². The molecule has 1 aliphatic heterocycles. The van der Waals surface area contributed by atoms with Gasteiger partial charge >= 0.3 is 12.1 Å². The van der Waals surface area contributed by atoms with E-state index in [9.17, 15) is 14.4 Å². The van der Waals surface area contributed by atoms with Crippen LogP contribution in [0.5, 0.6) is 0 Å². The second kappa shape index (κ2) is 8.91. The maximum atomic E-state index is 12.2. The van der Waals surface area contributed by atoms with Crippen LogP contribution in [0, 0.1) is 0 Å². The average Bonchev–Trinajstić information content (AvgIpc) is 2.66. The van der Waals surface area contributed by atoms with Gasteiger partial charge in [-0.25, -0.2) is 9.59 Å². The van der Waals surface area contributed by atoms with E-state index >= 15 is 0 Å².